The predicted octanol–water partition coefficient (Wildman–Crippen LogP) is 4.01. The number of hydrogen-bond acceptors (Lipinski definition) is 3. The molecule has 0 bridgehead atoms. The molecule has 0 atom stereocenters. The summed E-state index contributed by atoms with van der Waals surface area (Å²) >= 11 is 0. The molecule has 6 heteroatoms. The quantitative estimate of drug-likeness (QED) is 0.634. The Bertz CT molecular complexity index is 1130. The number of hydrogen-bond donors (Lipinski definition) is 1. The number of rotatable bonds is 5. The third kappa shape index (κ3) is 4.58. The van der Waals surface area contributed by atoms with Crippen molar-refractivity contribution in [2.75, 3.05) is 0 Å². The molecule has 0 aliphatic heterocycles. The van der Waals surface area contributed by atoms with Crippen molar-refractivity contribution in [2.24, 2.45) is 0 Å². The number of nitrogens with zero attached hydrogens (tertiary/aromatic N) is 3. The van der Waals surface area contributed by atoms with Crippen LogP contribution in [0.3, 0.4) is 0 Å². The van der Waals surface area contributed by atoms with Crippen LogP contribution < -0.4 is 10.9 Å². The maximum Gasteiger partial charge on any atom is 0.276 e. The van der Waals surface area contributed by atoms with Gasteiger partial charge in [0.1, 0.15) is 6.54 Å². The minimum absolute atomic E-state index is 0.0348. The molecular weight excluding hydrogens is 388 g/mol. The molecule has 3 aromatic rings. The van der Waals surface area contributed by atoms with Crippen LogP contribution in [0.4, 0.5) is 0 Å². The lowest BCUT2D eigenvalue weighted by atomic mass is 10.1. The van der Waals surface area contributed by atoms with Crippen LogP contribution in [0.2, 0.25) is 0 Å². The Morgan fingerprint density at radius 2 is 1.71 bits per heavy atom. The van der Waals surface area contributed by atoms with Crippen molar-refractivity contribution in [3.05, 3.63) is 63.3 Å². The third-order valence-electron chi connectivity index (χ3n) is 6.58. The summed E-state index contributed by atoms with van der Waals surface area (Å²) in [5.41, 5.74) is 4.15. The van der Waals surface area contributed by atoms with E-state index >= 15 is 0 Å². The average Bonchev–Trinajstić information content (AvgIpc) is 2.91. The highest BCUT2D eigenvalue weighted by atomic mass is 16.2. The van der Waals surface area contributed by atoms with Crippen LogP contribution in [0.1, 0.15) is 61.0 Å². The number of amides is 1. The van der Waals surface area contributed by atoms with Crippen LogP contribution in [0.5, 0.6) is 0 Å². The van der Waals surface area contributed by atoms with E-state index in [2.05, 4.69) is 46.2 Å². The highest BCUT2D eigenvalue weighted by molar-refractivity contribution is 5.87. The number of fused-ring (bicyclic) bond motifs is 1. The van der Waals surface area contributed by atoms with Crippen LogP contribution in [-0.4, -0.2) is 26.3 Å². The number of carbonyl (C=O) groups excluding carboxylic acids is 1. The van der Waals surface area contributed by atoms with Crippen LogP contribution >= 0.6 is 0 Å². The van der Waals surface area contributed by atoms with Gasteiger partial charge in [-0.1, -0.05) is 55.5 Å². The second-order valence-electron chi connectivity index (χ2n) is 8.89. The van der Waals surface area contributed by atoms with Gasteiger partial charge in [0, 0.05) is 29.4 Å². The summed E-state index contributed by atoms with van der Waals surface area (Å²) in [7, 11) is 0. The van der Waals surface area contributed by atoms with Crippen LogP contribution in [-0.2, 0) is 17.9 Å². The molecule has 4 rings (SSSR count). The molecule has 1 aliphatic carbocycles. The molecule has 0 radical (unpaired) electrons. The molecular formula is C25H32N4O2. The fourth-order valence-electron chi connectivity index (χ4n) is 4.70. The van der Waals surface area contributed by atoms with E-state index in [9.17, 15) is 9.59 Å². The molecule has 164 valence electrons. The highest BCUT2D eigenvalue weighted by Gasteiger charge is 2.19. The Morgan fingerprint density at radius 3 is 2.39 bits per heavy atom. The van der Waals surface area contributed by atoms with Gasteiger partial charge in [0.05, 0.1) is 11.6 Å². The molecule has 1 saturated carbocycles. The third-order valence-corrected chi connectivity index (χ3v) is 6.58. The van der Waals surface area contributed by atoms with Crippen molar-refractivity contribution in [2.45, 2.75) is 78.4 Å². The largest absolute Gasteiger partial charge is 0.352 e. The van der Waals surface area contributed by atoms with Crippen LogP contribution in [0, 0.1) is 20.8 Å². The Kier molecular flexibility index (Phi) is 6.25. The Morgan fingerprint density at radius 1 is 1.03 bits per heavy atom. The predicted molar refractivity (Wildman–Crippen MR) is 123 cm³/mol. The van der Waals surface area contributed by atoms with Gasteiger partial charge in [-0.2, -0.15) is 5.10 Å². The van der Waals surface area contributed by atoms with Gasteiger partial charge in [-0.25, -0.2) is 4.68 Å². The maximum atomic E-state index is 13.2. The van der Waals surface area contributed by atoms with Gasteiger partial charge in [0.2, 0.25) is 5.91 Å². The van der Waals surface area contributed by atoms with E-state index in [-0.39, 0.29) is 24.1 Å². The monoisotopic (exact) mass is 420 g/mol. The van der Waals surface area contributed by atoms with E-state index < -0.39 is 0 Å². The zero-order valence-electron chi connectivity index (χ0n) is 18.8. The van der Waals surface area contributed by atoms with Crippen LogP contribution in [0.15, 0.2) is 35.3 Å². The molecule has 1 N–H and O–H groups in total. The number of nitrogens with one attached hydrogen (secondary N) is 1. The van der Waals surface area contributed by atoms with E-state index in [4.69, 9.17) is 0 Å². The van der Waals surface area contributed by atoms with E-state index in [1.165, 1.54) is 28.7 Å². The lowest BCUT2D eigenvalue weighted by Crippen LogP contribution is -2.39. The number of benzene rings is 1. The van der Waals surface area contributed by atoms with Gasteiger partial charge in [-0.3, -0.25) is 9.59 Å². The highest BCUT2D eigenvalue weighted by Crippen LogP contribution is 2.23. The fourth-order valence-corrected chi connectivity index (χ4v) is 4.70. The first-order chi connectivity index (χ1) is 14.9. The molecule has 1 aromatic carbocycles. The minimum atomic E-state index is -0.197. The second-order valence-corrected chi connectivity index (χ2v) is 8.89. The second kappa shape index (κ2) is 9.08. The van der Waals surface area contributed by atoms with E-state index in [0.717, 1.165) is 42.5 Å². The number of carbonyl (C=O) groups is 1. The van der Waals surface area contributed by atoms with Gasteiger partial charge in [0.15, 0.2) is 0 Å². The van der Waals surface area contributed by atoms with Crippen LogP contribution in [0.25, 0.3) is 10.8 Å². The van der Waals surface area contributed by atoms with Crippen molar-refractivity contribution in [1.29, 1.82) is 0 Å². The standard InChI is InChI=1S/C25H32N4O2/c1-17-10-12-20(13-11-17)15-28-18(2)22-14-26-29(25(31)24(22)19(28)3)16-23(30)27-21-8-6-4-5-7-9-21/h10-14,21H,4-9,15-16H2,1-3H3,(H,27,30). The first-order valence-electron chi connectivity index (χ1n) is 11.3. The first kappa shape index (κ1) is 21.3. The summed E-state index contributed by atoms with van der Waals surface area (Å²) in [6, 6.07) is 8.66. The SMILES string of the molecule is Cc1ccc(Cn2c(C)c3cnn(CC(=O)NC4CCCCCC4)c(=O)c3c2C)cc1. The molecule has 2 heterocycles. The lowest BCUT2D eigenvalue weighted by molar-refractivity contribution is -0.122. The van der Waals surface area contributed by atoms with Gasteiger partial charge in [0.25, 0.3) is 5.56 Å². The molecule has 31 heavy (non-hydrogen) atoms. The van der Waals surface area contributed by atoms with E-state index in [0.29, 0.717) is 11.9 Å². The Hall–Kier alpha value is -2.89. The molecule has 0 saturated heterocycles. The summed E-state index contributed by atoms with van der Waals surface area (Å²) < 4.78 is 3.46. The van der Waals surface area contributed by atoms with Gasteiger partial charge < -0.3 is 9.88 Å². The Balaban J connectivity index is 1.58. The summed E-state index contributed by atoms with van der Waals surface area (Å²) in [6.07, 6.45) is 8.55. The Labute approximate surface area is 183 Å². The van der Waals surface area contributed by atoms with Gasteiger partial charge >= 0.3 is 0 Å². The smallest absolute Gasteiger partial charge is 0.276 e. The summed E-state index contributed by atoms with van der Waals surface area (Å²) in [5, 5.41) is 8.94. The zero-order valence-corrected chi connectivity index (χ0v) is 18.8. The molecule has 0 unspecified atom stereocenters. The van der Waals surface area contributed by atoms with Gasteiger partial charge in [-0.15, -0.1) is 0 Å². The van der Waals surface area contributed by atoms with E-state index in [1.807, 2.05) is 13.8 Å². The molecule has 1 aliphatic rings. The van der Waals surface area contributed by atoms with E-state index in [1.54, 1.807) is 6.20 Å². The first-order valence-corrected chi connectivity index (χ1v) is 11.3. The maximum absolute atomic E-state index is 13.2. The zero-order chi connectivity index (χ0) is 22.0. The number of aryl methyl sites for hydroxylation is 3. The number of aromatic nitrogens is 3. The van der Waals surface area contributed by atoms with Crippen molar-refractivity contribution in [3.63, 3.8) is 0 Å². The molecule has 1 fully saturated rings. The molecule has 0 spiro atoms. The lowest BCUT2D eigenvalue weighted by Gasteiger charge is -2.16. The van der Waals surface area contributed by atoms with Crippen molar-refractivity contribution in [3.8, 4) is 0 Å². The molecule has 1 amide bonds. The van der Waals surface area contributed by atoms with Crippen molar-refractivity contribution in [1.82, 2.24) is 19.7 Å². The average molecular weight is 421 g/mol. The summed E-state index contributed by atoms with van der Waals surface area (Å²) in [5.74, 6) is -0.130. The summed E-state index contributed by atoms with van der Waals surface area (Å²) in [6.45, 7) is 6.74. The van der Waals surface area contributed by atoms with Crippen molar-refractivity contribution < 1.29 is 4.79 Å². The molecule has 2 aromatic heterocycles. The van der Waals surface area contributed by atoms with Crippen molar-refractivity contribution >= 4 is 16.7 Å². The fraction of sp³-hybridized carbons (Fsp3) is 0.480. The topological polar surface area (TPSA) is 68.9 Å². The molecule has 6 nitrogen and oxygen atoms in total. The minimum Gasteiger partial charge on any atom is -0.352 e. The normalized spacial score (nSPS) is 15.2. The summed E-state index contributed by atoms with van der Waals surface area (Å²) in [4.78, 5) is 25.8. The van der Waals surface area contributed by atoms with Gasteiger partial charge in [-0.05, 0) is 39.2 Å².